The minimum atomic E-state index is -0.0496. The number of nitrogens with two attached hydrogens (primary N) is 1. The maximum atomic E-state index is 11.7. The van der Waals surface area contributed by atoms with Gasteiger partial charge in [-0.05, 0) is 6.42 Å². The maximum absolute atomic E-state index is 11.7. The molecule has 0 aliphatic rings. The molecule has 78 valence electrons. The number of nitrogen functional groups attached to an aromatic ring is 1. The second-order valence-electron chi connectivity index (χ2n) is 3.15. The van der Waals surface area contributed by atoms with Gasteiger partial charge in [0.15, 0.2) is 5.13 Å². The van der Waals surface area contributed by atoms with Gasteiger partial charge in [-0.3, -0.25) is 4.79 Å². The number of hydrogen-bond donors (Lipinski definition) is 1. The van der Waals surface area contributed by atoms with Gasteiger partial charge in [0, 0.05) is 19.0 Å². The second kappa shape index (κ2) is 4.95. The largest absolute Gasteiger partial charge is 0.375 e. The Morgan fingerprint density at radius 2 is 2.43 bits per heavy atom. The van der Waals surface area contributed by atoms with Crippen LogP contribution in [0.1, 0.15) is 30.3 Å². The molecular weight excluding hydrogens is 198 g/mol. The lowest BCUT2D eigenvalue weighted by atomic mass is 10.3. The van der Waals surface area contributed by atoms with Crippen LogP contribution in [0.2, 0.25) is 0 Å². The Bertz CT molecular complexity index is 311. The van der Waals surface area contributed by atoms with E-state index in [9.17, 15) is 4.79 Å². The molecule has 1 amide bonds. The molecule has 14 heavy (non-hydrogen) atoms. The average Bonchev–Trinajstić information content (AvgIpc) is 2.60. The molecule has 1 aromatic heterocycles. The standard InChI is InChI=1S/C9H15N3OS/c1-3-4-5-12(2)8(13)7-6-14-9(10)11-7/h6H,3-5H2,1-2H3,(H2,10,11). The SMILES string of the molecule is CCCCN(C)C(=O)c1csc(N)n1. The van der Waals surface area contributed by atoms with Crippen molar-refractivity contribution in [2.45, 2.75) is 19.8 Å². The lowest BCUT2D eigenvalue weighted by Crippen LogP contribution is -2.27. The molecule has 0 aromatic carbocycles. The molecule has 1 heterocycles. The molecule has 0 atom stereocenters. The number of amides is 1. The molecule has 0 aliphatic heterocycles. The molecular formula is C9H15N3OS. The van der Waals surface area contributed by atoms with Crippen molar-refractivity contribution < 1.29 is 4.79 Å². The predicted octanol–water partition coefficient (Wildman–Crippen LogP) is 1.60. The van der Waals surface area contributed by atoms with Crippen LogP contribution in [0.3, 0.4) is 0 Å². The number of unbranched alkanes of at least 4 members (excludes halogenated alkanes) is 1. The Morgan fingerprint density at radius 1 is 1.71 bits per heavy atom. The summed E-state index contributed by atoms with van der Waals surface area (Å²) in [4.78, 5) is 17.3. The third-order valence-electron chi connectivity index (χ3n) is 1.93. The van der Waals surface area contributed by atoms with Gasteiger partial charge in [0.2, 0.25) is 0 Å². The third kappa shape index (κ3) is 2.70. The molecule has 0 aliphatic carbocycles. The molecule has 0 radical (unpaired) electrons. The number of aromatic nitrogens is 1. The second-order valence-corrected chi connectivity index (χ2v) is 4.04. The van der Waals surface area contributed by atoms with Crippen molar-refractivity contribution in [3.05, 3.63) is 11.1 Å². The number of nitrogens with zero attached hydrogens (tertiary/aromatic N) is 2. The van der Waals surface area contributed by atoms with Crippen molar-refractivity contribution in [3.8, 4) is 0 Å². The summed E-state index contributed by atoms with van der Waals surface area (Å²) in [5.74, 6) is -0.0496. The van der Waals surface area contributed by atoms with E-state index < -0.39 is 0 Å². The van der Waals surface area contributed by atoms with E-state index in [1.54, 1.807) is 17.3 Å². The topological polar surface area (TPSA) is 59.2 Å². The zero-order chi connectivity index (χ0) is 10.6. The smallest absolute Gasteiger partial charge is 0.273 e. The fourth-order valence-electron chi connectivity index (χ4n) is 1.08. The summed E-state index contributed by atoms with van der Waals surface area (Å²) in [6.45, 7) is 2.87. The Kier molecular flexibility index (Phi) is 3.88. The molecule has 2 N–H and O–H groups in total. The molecule has 1 aromatic rings. The zero-order valence-corrected chi connectivity index (χ0v) is 9.30. The third-order valence-corrected chi connectivity index (χ3v) is 2.61. The lowest BCUT2D eigenvalue weighted by Gasteiger charge is -2.14. The van der Waals surface area contributed by atoms with Crippen LogP contribution in [0.15, 0.2) is 5.38 Å². The number of carbonyl (C=O) groups is 1. The predicted molar refractivity (Wildman–Crippen MR) is 58.4 cm³/mol. The first-order valence-electron chi connectivity index (χ1n) is 4.61. The molecule has 0 bridgehead atoms. The van der Waals surface area contributed by atoms with Crippen molar-refractivity contribution in [1.82, 2.24) is 9.88 Å². The van der Waals surface area contributed by atoms with E-state index in [0.29, 0.717) is 10.8 Å². The van der Waals surface area contributed by atoms with Crippen molar-refractivity contribution in [1.29, 1.82) is 0 Å². The minimum Gasteiger partial charge on any atom is -0.375 e. The number of carbonyl (C=O) groups excluding carboxylic acids is 1. The van der Waals surface area contributed by atoms with Gasteiger partial charge >= 0.3 is 0 Å². The molecule has 1 rings (SSSR count). The van der Waals surface area contributed by atoms with Gasteiger partial charge in [-0.25, -0.2) is 4.98 Å². The van der Waals surface area contributed by atoms with Crippen LogP contribution >= 0.6 is 11.3 Å². The highest BCUT2D eigenvalue weighted by Crippen LogP contribution is 2.12. The Morgan fingerprint density at radius 3 is 2.93 bits per heavy atom. The first-order valence-corrected chi connectivity index (χ1v) is 5.49. The highest BCUT2D eigenvalue weighted by molar-refractivity contribution is 7.13. The van der Waals surface area contributed by atoms with E-state index >= 15 is 0 Å². The molecule has 0 saturated carbocycles. The summed E-state index contributed by atoms with van der Waals surface area (Å²) in [7, 11) is 1.79. The van der Waals surface area contributed by atoms with E-state index in [4.69, 9.17) is 5.73 Å². The van der Waals surface area contributed by atoms with E-state index in [-0.39, 0.29) is 5.91 Å². The first kappa shape index (κ1) is 11.0. The van der Waals surface area contributed by atoms with Gasteiger partial charge in [-0.15, -0.1) is 11.3 Å². The van der Waals surface area contributed by atoms with E-state index in [1.807, 2.05) is 0 Å². The molecule has 0 spiro atoms. The maximum Gasteiger partial charge on any atom is 0.273 e. The number of thiazole rings is 1. The van der Waals surface area contributed by atoms with Crippen molar-refractivity contribution in [2.24, 2.45) is 0 Å². The fraction of sp³-hybridized carbons (Fsp3) is 0.556. The van der Waals surface area contributed by atoms with Gasteiger partial charge in [-0.2, -0.15) is 0 Å². The van der Waals surface area contributed by atoms with Crippen LogP contribution < -0.4 is 5.73 Å². The first-order chi connectivity index (χ1) is 6.65. The summed E-state index contributed by atoms with van der Waals surface area (Å²) in [6.07, 6.45) is 2.10. The van der Waals surface area contributed by atoms with Crippen molar-refractivity contribution in [2.75, 3.05) is 19.3 Å². The summed E-state index contributed by atoms with van der Waals surface area (Å²) in [5, 5.41) is 2.14. The van der Waals surface area contributed by atoms with Crippen LogP contribution in [0.5, 0.6) is 0 Å². The van der Waals surface area contributed by atoms with Crippen molar-refractivity contribution >= 4 is 22.4 Å². The summed E-state index contributed by atoms with van der Waals surface area (Å²) in [6, 6.07) is 0. The highest BCUT2D eigenvalue weighted by Gasteiger charge is 2.13. The van der Waals surface area contributed by atoms with Crippen LogP contribution in [-0.2, 0) is 0 Å². The van der Waals surface area contributed by atoms with Crippen molar-refractivity contribution in [3.63, 3.8) is 0 Å². The lowest BCUT2D eigenvalue weighted by molar-refractivity contribution is 0.0788. The van der Waals surface area contributed by atoms with E-state index in [0.717, 1.165) is 19.4 Å². The molecule has 0 saturated heterocycles. The fourth-order valence-corrected chi connectivity index (χ4v) is 1.62. The number of anilines is 1. The summed E-state index contributed by atoms with van der Waals surface area (Å²) in [5.41, 5.74) is 5.90. The highest BCUT2D eigenvalue weighted by atomic mass is 32.1. The number of rotatable bonds is 4. The van der Waals surface area contributed by atoms with Gasteiger partial charge < -0.3 is 10.6 Å². The average molecular weight is 213 g/mol. The van der Waals surface area contributed by atoms with Gasteiger partial charge in [0.05, 0.1) is 0 Å². The Hall–Kier alpha value is -1.10. The Balaban J connectivity index is 2.56. The van der Waals surface area contributed by atoms with Crippen LogP contribution in [-0.4, -0.2) is 29.4 Å². The molecule has 5 heteroatoms. The summed E-state index contributed by atoms with van der Waals surface area (Å²) < 4.78 is 0. The minimum absolute atomic E-state index is 0.0496. The molecule has 4 nitrogen and oxygen atoms in total. The van der Waals surface area contributed by atoms with Crippen LogP contribution in [0, 0.1) is 0 Å². The van der Waals surface area contributed by atoms with E-state index in [1.165, 1.54) is 11.3 Å². The summed E-state index contributed by atoms with van der Waals surface area (Å²) >= 11 is 1.29. The van der Waals surface area contributed by atoms with Crippen LogP contribution in [0.25, 0.3) is 0 Å². The Labute approximate surface area is 87.7 Å². The number of hydrogen-bond acceptors (Lipinski definition) is 4. The normalized spacial score (nSPS) is 10.1. The molecule has 0 fully saturated rings. The monoisotopic (exact) mass is 213 g/mol. The van der Waals surface area contributed by atoms with Gasteiger partial charge in [-0.1, -0.05) is 13.3 Å². The van der Waals surface area contributed by atoms with Gasteiger partial charge in [0.1, 0.15) is 5.69 Å². The quantitative estimate of drug-likeness (QED) is 0.826. The van der Waals surface area contributed by atoms with Crippen LogP contribution in [0.4, 0.5) is 5.13 Å². The molecule has 0 unspecified atom stereocenters. The van der Waals surface area contributed by atoms with Gasteiger partial charge in [0.25, 0.3) is 5.91 Å². The van der Waals surface area contributed by atoms with E-state index in [2.05, 4.69) is 11.9 Å². The zero-order valence-electron chi connectivity index (χ0n) is 8.49.